The largest absolute Gasteiger partial charge is 0.505 e. The molecule has 0 unspecified atom stereocenters. The highest BCUT2D eigenvalue weighted by atomic mass is 16.6. The minimum atomic E-state index is -0.518. The van der Waals surface area contributed by atoms with E-state index < -0.39 is 4.92 Å². The topological polar surface area (TPSA) is 88.1 Å². The molecule has 0 aliphatic carbocycles. The van der Waals surface area contributed by atoms with Crippen molar-refractivity contribution in [1.82, 2.24) is 0 Å². The highest BCUT2D eigenvalue weighted by Crippen LogP contribution is 2.34. The summed E-state index contributed by atoms with van der Waals surface area (Å²) in [5.41, 5.74) is 1.93. The Bertz CT molecular complexity index is 696. The quantitative estimate of drug-likeness (QED) is 0.511. The van der Waals surface area contributed by atoms with Crippen molar-refractivity contribution in [3.05, 3.63) is 57.6 Å². The van der Waals surface area contributed by atoms with Crippen molar-refractivity contribution < 1.29 is 10.0 Å². The third kappa shape index (κ3) is 2.80. The van der Waals surface area contributed by atoms with Crippen LogP contribution in [0.1, 0.15) is 11.1 Å². The van der Waals surface area contributed by atoms with Gasteiger partial charge >= 0.3 is 0 Å². The maximum atomic E-state index is 10.9. The Labute approximate surface area is 115 Å². The number of azo groups is 1. The number of phenolic OH excluding ortho intramolecular Hbond substituents is 1. The average Bonchev–Trinajstić information content (AvgIpc) is 2.41. The van der Waals surface area contributed by atoms with Gasteiger partial charge in [-0.1, -0.05) is 18.2 Å². The zero-order chi connectivity index (χ0) is 14.7. The predicted octanol–water partition coefficient (Wildman–Crippen LogP) is 4.33. The van der Waals surface area contributed by atoms with Crippen molar-refractivity contribution in [2.45, 2.75) is 13.8 Å². The second-order valence-electron chi connectivity index (χ2n) is 4.40. The zero-order valence-electron chi connectivity index (χ0n) is 11.1. The van der Waals surface area contributed by atoms with Gasteiger partial charge < -0.3 is 5.11 Å². The lowest BCUT2D eigenvalue weighted by molar-refractivity contribution is -0.384. The van der Waals surface area contributed by atoms with E-state index in [0.717, 1.165) is 5.56 Å². The number of hydrogen-bond acceptors (Lipinski definition) is 5. The number of aromatic hydroxyl groups is 1. The van der Waals surface area contributed by atoms with Crippen LogP contribution in [0.15, 0.2) is 46.6 Å². The molecule has 0 aliphatic heterocycles. The predicted molar refractivity (Wildman–Crippen MR) is 74.9 cm³/mol. The lowest BCUT2D eigenvalue weighted by Crippen LogP contribution is -1.87. The maximum absolute atomic E-state index is 10.9. The van der Waals surface area contributed by atoms with Crippen LogP contribution < -0.4 is 0 Å². The van der Waals surface area contributed by atoms with Crippen LogP contribution in [0.25, 0.3) is 0 Å². The number of aryl methyl sites for hydroxylation is 2. The number of phenols is 1. The first-order chi connectivity index (χ1) is 9.49. The second kappa shape index (κ2) is 5.48. The first-order valence-electron chi connectivity index (χ1n) is 5.94. The van der Waals surface area contributed by atoms with Crippen molar-refractivity contribution >= 4 is 17.1 Å². The summed E-state index contributed by atoms with van der Waals surface area (Å²) in [4.78, 5) is 10.3. The lowest BCUT2D eigenvalue weighted by Gasteiger charge is -2.03. The van der Waals surface area contributed by atoms with Crippen LogP contribution in [-0.4, -0.2) is 10.0 Å². The van der Waals surface area contributed by atoms with Crippen molar-refractivity contribution in [3.8, 4) is 5.75 Å². The first-order valence-corrected chi connectivity index (χ1v) is 5.94. The molecule has 0 aliphatic rings. The van der Waals surface area contributed by atoms with Crippen LogP contribution in [0.5, 0.6) is 5.75 Å². The minimum absolute atomic E-state index is 0.0259. The smallest absolute Gasteiger partial charge is 0.296 e. The summed E-state index contributed by atoms with van der Waals surface area (Å²) in [5, 5.41) is 28.5. The maximum Gasteiger partial charge on any atom is 0.296 e. The molecule has 0 aromatic heterocycles. The fraction of sp³-hybridized carbons (Fsp3) is 0.143. The first kappa shape index (κ1) is 13.7. The van der Waals surface area contributed by atoms with Crippen molar-refractivity contribution in [1.29, 1.82) is 0 Å². The third-order valence-electron chi connectivity index (χ3n) is 2.77. The Hall–Kier alpha value is -2.76. The number of para-hydroxylation sites is 1. The Kier molecular flexibility index (Phi) is 3.74. The molecule has 6 nitrogen and oxygen atoms in total. The van der Waals surface area contributed by atoms with Gasteiger partial charge in [0.25, 0.3) is 5.69 Å². The molecular formula is C14H13N3O3. The number of nitrogens with zero attached hydrogens (tertiary/aromatic N) is 3. The summed E-state index contributed by atoms with van der Waals surface area (Å²) in [7, 11) is 0. The van der Waals surface area contributed by atoms with Gasteiger partial charge in [0.2, 0.25) is 0 Å². The summed E-state index contributed by atoms with van der Waals surface area (Å²) in [5.74, 6) is 0.0259. The molecule has 0 amide bonds. The summed E-state index contributed by atoms with van der Waals surface area (Å²) in [6.07, 6.45) is 0. The molecule has 2 rings (SSSR count). The van der Waals surface area contributed by atoms with Gasteiger partial charge in [-0.2, -0.15) is 0 Å². The molecular weight excluding hydrogens is 258 g/mol. The standard InChI is InChI=1S/C14H13N3O3/c1-9-7-10(2)14(18)12(8-9)16-15-11-5-3-4-6-13(11)17(19)20/h3-8,18H,1-2H3. The Morgan fingerprint density at radius 3 is 2.45 bits per heavy atom. The van der Waals surface area contributed by atoms with Crippen molar-refractivity contribution in [2.75, 3.05) is 0 Å². The highest BCUT2D eigenvalue weighted by molar-refractivity contribution is 5.59. The third-order valence-corrected chi connectivity index (χ3v) is 2.77. The number of hydrogen-bond donors (Lipinski definition) is 1. The van der Waals surface area contributed by atoms with Gasteiger partial charge in [0, 0.05) is 6.07 Å². The van der Waals surface area contributed by atoms with E-state index in [1.807, 2.05) is 13.0 Å². The van der Waals surface area contributed by atoms with Crippen molar-refractivity contribution in [2.24, 2.45) is 10.2 Å². The highest BCUT2D eigenvalue weighted by Gasteiger charge is 2.12. The Morgan fingerprint density at radius 2 is 1.75 bits per heavy atom. The summed E-state index contributed by atoms with van der Waals surface area (Å²) in [6, 6.07) is 9.55. The number of benzene rings is 2. The summed E-state index contributed by atoms with van der Waals surface area (Å²) in [6.45, 7) is 3.63. The normalized spacial score (nSPS) is 10.9. The molecule has 1 N–H and O–H groups in total. The SMILES string of the molecule is Cc1cc(C)c(O)c(N=Nc2ccccc2[N+](=O)[O-])c1. The van der Waals surface area contributed by atoms with E-state index in [-0.39, 0.29) is 17.1 Å². The molecule has 102 valence electrons. The Balaban J connectivity index is 2.42. The molecule has 0 spiro atoms. The van der Waals surface area contributed by atoms with Gasteiger partial charge in [-0.15, -0.1) is 10.2 Å². The van der Waals surface area contributed by atoms with E-state index in [1.165, 1.54) is 12.1 Å². The summed E-state index contributed by atoms with van der Waals surface area (Å²) >= 11 is 0. The van der Waals surface area contributed by atoms with E-state index in [9.17, 15) is 15.2 Å². The molecule has 2 aromatic rings. The second-order valence-corrected chi connectivity index (χ2v) is 4.40. The molecule has 0 bridgehead atoms. The van der Waals surface area contributed by atoms with Crippen LogP contribution in [0.2, 0.25) is 0 Å². The summed E-state index contributed by atoms with van der Waals surface area (Å²) < 4.78 is 0. The molecule has 0 radical (unpaired) electrons. The molecule has 2 aromatic carbocycles. The van der Waals surface area contributed by atoms with E-state index in [2.05, 4.69) is 10.2 Å². The molecule has 0 saturated carbocycles. The molecule has 0 fully saturated rings. The number of rotatable bonds is 3. The van der Waals surface area contributed by atoms with Crippen LogP contribution >= 0.6 is 0 Å². The monoisotopic (exact) mass is 271 g/mol. The average molecular weight is 271 g/mol. The molecule has 6 heteroatoms. The minimum Gasteiger partial charge on any atom is -0.505 e. The zero-order valence-corrected chi connectivity index (χ0v) is 11.1. The van der Waals surface area contributed by atoms with Crippen LogP contribution in [-0.2, 0) is 0 Å². The number of nitro benzene ring substituents is 1. The van der Waals surface area contributed by atoms with Gasteiger partial charge in [0.1, 0.15) is 11.4 Å². The van der Waals surface area contributed by atoms with E-state index in [1.54, 1.807) is 25.1 Å². The molecule has 0 heterocycles. The fourth-order valence-electron chi connectivity index (χ4n) is 1.82. The van der Waals surface area contributed by atoms with Gasteiger partial charge in [-0.05, 0) is 37.1 Å². The van der Waals surface area contributed by atoms with Gasteiger partial charge in [-0.25, -0.2) is 0 Å². The lowest BCUT2D eigenvalue weighted by atomic mass is 10.1. The van der Waals surface area contributed by atoms with E-state index in [4.69, 9.17) is 0 Å². The van der Waals surface area contributed by atoms with Gasteiger partial charge in [0.15, 0.2) is 5.69 Å². The van der Waals surface area contributed by atoms with E-state index >= 15 is 0 Å². The van der Waals surface area contributed by atoms with Crippen LogP contribution in [0.3, 0.4) is 0 Å². The van der Waals surface area contributed by atoms with Crippen LogP contribution in [0, 0.1) is 24.0 Å². The molecule has 20 heavy (non-hydrogen) atoms. The van der Waals surface area contributed by atoms with Crippen LogP contribution in [0.4, 0.5) is 17.1 Å². The number of nitro groups is 1. The molecule has 0 saturated heterocycles. The van der Waals surface area contributed by atoms with E-state index in [0.29, 0.717) is 11.3 Å². The fourth-order valence-corrected chi connectivity index (χ4v) is 1.82. The van der Waals surface area contributed by atoms with Crippen molar-refractivity contribution in [3.63, 3.8) is 0 Å². The van der Waals surface area contributed by atoms with Gasteiger partial charge in [-0.3, -0.25) is 10.1 Å². The Morgan fingerprint density at radius 1 is 1.10 bits per heavy atom. The van der Waals surface area contributed by atoms with Gasteiger partial charge in [0.05, 0.1) is 4.92 Å². The molecule has 0 atom stereocenters.